The second kappa shape index (κ2) is 22.7. The molecule has 0 aromatic heterocycles. The van der Waals surface area contributed by atoms with Crippen LogP contribution >= 0.6 is 0 Å². The summed E-state index contributed by atoms with van der Waals surface area (Å²) in [6, 6.07) is 15.3. The first-order valence-corrected chi connectivity index (χ1v) is 34.9. The number of carbonyl (C=O) groups is 4. The van der Waals surface area contributed by atoms with Gasteiger partial charge in [-0.3, -0.25) is 33.9 Å². The maximum atomic E-state index is 14.8. The van der Waals surface area contributed by atoms with E-state index in [4.69, 9.17) is 23.7 Å². The highest BCUT2D eigenvalue weighted by Crippen LogP contribution is 2.45. The van der Waals surface area contributed by atoms with Gasteiger partial charge in [-0.2, -0.15) is 21.6 Å². The molecule has 0 unspecified atom stereocenters. The fourth-order valence-electron chi connectivity index (χ4n) is 9.79. The molecule has 78 heavy (non-hydrogen) atoms. The van der Waals surface area contributed by atoms with Crippen molar-refractivity contribution in [1.82, 2.24) is 14.7 Å². The summed E-state index contributed by atoms with van der Waals surface area (Å²) in [6.45, 7) is 20.5. The Kier molecular flexibility index (Phi) is 16.9. The van der Waals surface area contributed by atoms with Crippen molar-refractivity contribution < 1.29 is 68.6 Å². The maximum absolute atomic E-state index is 14.8. The molecule has 3 aromatic carbocycles. The van der Waals surface area contributed by atoms with Crippen molar-refractivity contribution in [3.8, 4) is 17.2 Å². The molecule has 0 saturated carbocycles. The summed E-state index contributed by atoms with van der Waals surface area (Å²) in [4.78, 5) is 68.1. The smallest absolute Gasteiger partial charge is 0.493 e. The molecule has 2 atom stereocenters. The number of aryl methyl sites for hydroxylation is 1. The molecule has 5 heterocycles. The van der Waals surface area contributed by atoms with Gasteiger partial charge in [0.2, 0.25) is 0 Å². The molecule has 5 aliphatic rings. The molecule has 1 fully saturated rings. The summed E-state index contributed by atoms with van der Waals surface area (Å²) in [7, 11) is -5.60. The lowest BCUT2D eigenvalue weighted by atomic mass is 9.96. The number of ether oxygens (including phenoxy) is 5. The van der Waals surface area contributed by atoms with Crippen LogP contribution in [-0.4, -0.2) is 160 Å². The zero-order valence-electron chi connectivity index (χ0n) is 46.1. The topological polar surface area (TPSA) is 177 Å². The molecule has 5 aliphatic heterocycles. The van der Waals surface area contributed by atoms with E-state index in [2.05, 4.69) is 72.4 Å². The number of anilines is 3. The lowest BCUT2D eigenvalue weighted by Gasteiger charge is -2.34. The van der Waals surface area contributed by atoms with Gasteiger partial charge in [-0.25, -0.2) is 0 Å². The van der Waals surface area contributed by atoms with Gasteiger partial charge < -0.3 is 42.6 Å². The SMILES string of the molecule is COc1cc2c(cc1OCCCOc1cc3c(cc1C)C(=O)N1C=C(OS(=O)(=O)C(F)(F)F)C[C@@]1(C)C(=O)N3COCC[Si](C)(C)C)N(COCC[Si](C)(C)C)C(=O)[C@@H]1CC(c3ccc(N4CCN(C)CC4)cc3)=CN1C2=O. The Labute approximate surface area is 456 Å². The second-order valence-corrected chi connectivity index (χ2v) is 35.8. The van der Waals surface area contributed by atoms with Crippen LogP contribution < -0.4 is 28.9 Å². The van der Waals surface area contributed by atoms with Crippen LogP contribution in [0, 0.1) is 6.92 Å². The van der Waals surface area contributed by atoms with Gasteiger partial charge in [0.05, 0.1) is 42.8 Å². The van der Waals surface area contributed by atoms with E-state index in [0.717, 1.165) is 66.2 Å². The van der Waals surface area contributed by atoms with Crippen molar-refractivity contribution in [2.75, 3.05) is 94.9 Å². The minimum absolute atomic E-state index is 0.00338. The molecule has 0 N–H and O–H groups in total. The average molecular weight is 1140 g/mol. The Morgan fingerprint density at radius 2 is 1.31 bits per heavy atom. The van der Waals surface area contributed by atoms with E-state index in [0.29, 0.717) is 36.4 Å². The number of rotatable bonds is 21. The lowest BCUT2D eigenvalue weighted by Crippen LogP contribution is -2.54. The molecule has 1 saturated heterocycles. The summed E-state index contributed by atoms with van der Waals surface area (Å²) in [5.74, 6) is -2.06. The van der Waals surface area contributed by atoms with Crippen LogP contribution in [-0.2, 0) is 33.4 Å². The first-order valence-electron chi connectivity index (χ1n) is 26.1. The van der Waals surface area contributed by atoms with Crippen molar-refractivity contribution >= 4 is 72.5 Å². The third kappa shape index (κ3) is 12.6. The molecular formula is C54H71F3N6O12SSi2. The van der Waals surface area contributed by atoms with Crippen molar-refractivity contribution in [2.45, 2.75) is 102 Å². The van der Waals surface area contributed by atoms with Crippen molar-refractivity contribution in [3.63, 3.8) is 0 Å². The second-order valence-electron chi connectivity index (χ2n) is 23.0. The summed E-state index contributed by atoms with van der Waals surface area (Å²) < 4.78 is 99.0. The number of hydrogen-bond donors (Lipinski definition) is 0. The monoisotopic (exact) mass is 1140 g/mol. The fourth-order valence-corrected chi connectivity index (χ4v) is 11.8. The predicted molar refractivity (Wildman–Crippen MR) is 295 cm³/mol. The van der Waals surface area contributed by atoms with Crippen LogP contribution in [0.3, 0.4) is 0 Å². The summed E-state index contributed by atoms with van der Waals surface area (Å²) >= 11 is 0. The first kappa shape index (κ1) is 58.2. The highest BCUT2D eigenvalue weighted by atomic mass is 32.2. The van der Waals surface area contributed by atoms with Crippen molar-refractivity contribution in [3.05, 3.63) is 88.9 Å². The minimum atomic E-state index is -6.10. The number of piperazine rings is 1. The summed E-state index contributed by atoms with van der Waals surface area (Å²) in [6.07, 6.45) is 2.56. The molecule has 3 aromatic rings. The van der Waals surface area contributed by atoms with Crippen LogP contribution in [0.15, 0.2) is 66.7 Å². The molecule has 4 amide bonds. The third-order valence-corrected chi connectivity index (χ3v) is 18.9. The number of benzene rings is 3. The van der Waals surface area contributed by atoms with Gasteiger partial charge in [0.15, 0.2) is 11.5 Å². The Morgan fingerprint density at radius 1 is 0.731 bits per heavy atom. The Morgan fingerprint density at radius 3 is 1.91 bits per heavy atom. The molecule has 0 bridgehead atoms. The van der Waals surface area contributed by atoms with Crippen LogP contribution in [0.5, 0.6) is 17.2 Å². The van der Waals surface area contributed by atoms with Crippen molar-refractivity contribution in [2.24, 2.45) is 0 Å². The van der Waals surface area contributed by atoms with E-state index < -0.39 is 67.3 Å². The van der Waals surface area contributed by atoms with Gasteiger partial charge in [-0.05, 0) is 73.9 Å². The van der Waals surface area contributed by atoms with E-state index in [9.17, 15) is 40.8 Å². The first-order chi connectivity index (χ1) is 36.6. The summed E-state index contributed by atoms with van der Waals surface area (Å²) in [5.41, 5.74) is -3.53. The Balaban J connectivity index is 1.00. The number of fused-ring (bicyclic) bond motifs is 4. The molecule has 0 spiro atoms. The van der Waals surface area contributed by atoms with Gasteiger partial charge in [0.25, 0.3) is 23.6 Å². The fraction of sp³-hybridized carbons (Fsp3) is 0.519. The molecule has 18 nitrogen and oxygen atoms in total. The largest absolute Gasteiger partial charge is 0.534 e. The van der Waals surface area contributed by atoms with E-state index >= 15 is 0 Å². The van der Waals surface area contributed by atoms with Gasteiger partial charge in [-0.1, -0.05) is 51.4 Å². The average Bonchev–Trinajstić information content (AvgIpc) is 4.08. The molecule has 8 rings (SSSR count). The molecule has 424 valence electrons. The lowest BCUT2D eigenvalue weighted by molar-refractivity contribution is -0.127. The molecule has 24 heteroatoms. The normalized spacial score (nSPS) is 20.2. The van der Waals surface area contributed by atoms with Crippen LogP contribution in [0.25, 0.3) is 5.57 Å². The highest BCUT2D eigenvalue weighted by molar-refractivity contribution is 7.87. The van der Waals surface area contributed by atoms with Gasteiger partial charge in [-0.15, -0.1) is 0 Å². The number of likely N-dealkylation sites (N-methyl/N-ethyl adjacent to an activating group) is 1. The van der Waals surface area contributed by atoms with E-state index in [-0.39, 0.29) is 73.4 Å². The summed E-state index contributed by atoms with van der Waals surface area (Å²) in [5, 5.41) is 0. The number of methoxy groups -OCH3 is 1. The maximum Gasteiger partial charge on any atom is 0.534 e. The van der Waals surface area contributed by atoms with Crippen molar-refractivity contribution in [1.29, 1.82) is 0 Å². The van der Waals surface area contributed by atoms with Gasteiger partial charge in [0, 0.05) is 105 Å². The number of carbonyl (C=O) groups excluding carboxylic acids is 4. The zero-order valence-corrected chi connectivity index (χ0v) is 48.9. The van der Waals surface area contributed by atoms with E-state index in [1.807, 2.05) is 12.1 Å². The Bertz CT molecular complexity index is 2980. The number of alkyl halides is 3. The van der Waals surface area contributed by atoms with Crippen LogP contribution in [0.1, 0.15) is 58.0 Å². The Hall–Kier alpha value is -5.93. The number of halogens is 3. The highest BCUT2D eigenvalue weighted by Gasteiger charge is 2.56. The van der Waals surface area contributed by atoms with E-state index in [1.54, 1.807) is 25.3 Å². The number of amides is 4. The zero-order chi connectivity index (χ0) is 56.7. The number of hydrogen-bond acceptors (Lipinski definition) is 14. The molecule has 0 radical (unpaired) electrons. The van der Waals surface area contributed by atoms with Gasteiger partial charge >= 0.3 is 15.6 Å². The molecular weight excluding hydrogens is 1070 g/mol. The van der Waals surface area contributed by atoms with Gasteiger partial charge in [0.1, 0.15) is 36.6 Å². The van der Waals surface area contributed by atoms with Crippen LogP contribution in [0.4, 0.5) is 30.2 Å². The van der Waals surface area contributed by atoms with E-state index in [1.165, 1.54) is 40.9 Å². The molecule has 0 aliphatic carbocycles. The predicted octanol–water partition coefficient (Wildman–Crippen LogP) is 8.49. The van der Waals surface area contributed by atoms with Crippen LogP contribution in [0.2, 0.25) is 51.4 Å². The number of nitrogens with zero attached hydrogens (tertiary/aromatic N) is 6. The third-order valence-electron chi connectivity index (χ3n) is 14.5. The quantitative estimate of drug-likeness (QED) is 0.0429. The minimum Gasteiger partial charge on any atom is -0.493 e. The standard InChI is InChI=1S/C54H71F3N6O12SSi2/c1-36-26-41-44(62(35-72-23-25-78(8,9)10)52(67)53(2)31-40(33-63(53)50(41)65)75-76(68,69)54(55,56)57)29-46(36)73-20-11-21-74-48-30-43-42(28-47(48)70-4)49(64)60-32-38(27-45(60)51(66)61(43)34-71-22-24-77(5,6)7)37-12-14-39(15-13-37)59-18-16-58(3)17-19-59/h12-15,26,28-30,32-33,45H,11,16-25,27,31,34-35H2,1-10H3/t45-,53-/m0/s1.